The second-order valence-corrected chi connectivity index (χ2v) is 8.29. The molecule has 33 heavy (non-hydrogen) atoms. The van der Waals surface area contributed by atoms with Crippen molar-refractivity contribution >= 4 is 5.78 Å². The number of benzene rings is 1. The van der Waals surface area contributed by atoms with E-state index in [0.29, 0.717) is 12.0 Å². The Morgan fingerprint density at radius 2 is 1.82 bits per heavy atom. The molecule has 8 heteroatoms. The third-order valence-corrected chi connectivity index (χ3v) is 6.15. The zero-order chi connectivity index (χ0) is 23.7. The van der Waals surface area contributed by atoms with Crippen LogP contribution in [0.3, 0.4) is 0 Å². The maximum atomic E-state index is 14.4. The molecule has 1 N–H and O–H groups in total. The second kappa shape index (κ2) is 9.41. The molecule has 5 nitrogen and oxygen atoms in total. The van der Waals surface area contributed by atoms with E-state index in [-0.39, 0.29) is 24.1 Å². The van der Waals surface area contributed by atoms with Gasteiger partial charge in [-0.2, -0.15) is 0 Å². The van der Waals surface area contributed by atoms with Crippen LogP contribution in [0.1, 0.15) is 48.0 Å². The lowest BCUT2D eigenvalue weighted by Gasteiger charge is -2.37. The Hall–Kier alpha value is -3.10. The fraction of sp³-hybridized carbons (Fsp3) is 0.320. The minimum atomic E-state index is -0.975. The number of carbonyl (C=O) groups is 1. The monoisotopic (exact) mass is 456 g/mol. The van der Waals surface area contributed by atoms with Gasteiger partial charge in [0.05, 0.1) is 23.9 Å². The van der Waals surface area contributed by atoms with Gasteiger partial charge in [-0.3, -0.25) is 9.78 Å². The Morgan fingerprint density at radius 1 is 1.09 bits per heavy atom. The molecule has 2 aromatic heterocycles. The number of hydrogen-bond acceptors (Lipinski definition) is 5. The first kappa shape index (κ1) is 23.1. The quantitative estimate of drug-likeness (QED) is 0.557. The molecule has 172 valence electrons. The Morgan fingerprint density at radius 3 is 2.52 bits per heavy atom. The summed E-state index contributed by atoms with van der Waals surface area (Å²) < 4.78 is 48.8. The molecule has 0 saturated carbocycles. The molecular formula is C25H23F3N2O3. The highest BCUT2D eigenvalue weighted by Crippen LogP contribution is 2.36. The molecule has 0 spiro atoms. The van der Waals surface area contributed by atoms with Crippen molar-refractivity contribution in [2.24, 2.45) is 5.92 Å². The number of aliphatic hydroxyl groups excluding tert-OH is 1. The van der Waals surface area contributed by atoms with E-state index in [2.05, 4.69) is 9.97 Å². The van der Waals surface area contributed by atoms with Gasteiger partial charge in [-0.1, -0.05) is 13.0 Å². The van der Waals surface area contributed by atoms with Crippen molar-refractivity contribution in [2.75, 3.05) is 0 Å². The average molecular weight is 456 g/mol. The van der Waals surface area contributed by atoms with Gasteiger partial charge in [0.2, 0.25) is 0 Å². The molecule has 0 amide bonds. The SMILES string of the molecule is C[C@H]1[C@H](C)O[C@H](c2ccncc2CC(=O)c2ccc(F)c(-c3c(F)cccc3F)n2)C[C@@H]1O. The maximum Gasteiger partial charge on any atom is 0.185 e. The van der Waals surface area contributed by atoms with Crippen LogP contribution in [0, 0.1) is 23.4 Å². The molecule has 1 aromatic carbocycles. The number of halogens is 3. The molecule has 1 saturated heterocycles. The van der Waals surface area contributed by atoms with Gasteiger partial charge in [0.25, 0.3) is 0 Å². The fourth-order valence-corrected chi connectivity index (χ4v) is 4.05. The highest BCUT2D eigenvalue weighted by atomic mass is 19.1. The predicted octanol–water partition coefficient (Wildman–Crippen LogP) is 4.83. The largest absolute Gasteiger partial charge is 0.393 e. The Balaban J connectivity index is 1.63. The van der Waals surface area contributed by atoms with E-state index in [1.165, 1.54) is 12.3 Å². The summed E-state index contributed by atoms with van der Waals surface area (Å²) in [4.78, 5) is 21.0. The smallest absolute Gasteiger partial charge is 0.185 e. The fourth-order valence-electron chi connectivity index (χ4n) is 4.05. The van der Waals surface area contributed by atoms with Crippen molar-refractivity contribution < 1.29 is 27.8 Å². The van der Waals surface area contributed by atoms with Crippen LogP contribution in [0.5, 0.6) is 0 Å². The molecule has 0 bridgehead atoms. The highest BCUT2D eigenvalue weighted by molar-refractivity contribution is 5.96. The number of aliphatic hydroxyl groups is 1. The topological polar surface area (TPSA) is 72.3 Å². The van der Waals surface area contributed by atoms with Gasteiger partial charge in [-0.25, -0.2) is 18.2 Å². The maximum absolute atomic E-state index is 14.4. The number of hydrogen-bond donors (Lipinski definition) is 1. The lowest BCUT2D eigenvalue weighted by molar-refractivity contribution is -0.125. The first-order valence-electron chi connectivity index (χ1n) is 10.7. The molecule has 0 radical (unpaired) electrons. The van der Waals surface area contributed by atoms with Crippen molar-refractivity contribution in [3.8, 4) is 11.3 Å². The van der Waals surface area contributed by atoms with Gasteiger partial charge in [-0.05, 0) is 48.4 Å². The molecule has 1 aliphatic heterocycles. The van der Waals surface area contributed by atoms with E-state index >= 15 is 0 Å². The standard InChI is InChI=1S/C25H23F3N2O3/c1-13-14(2)33-23(11-21(13)31)16-8-9-29-12-15(16)10-22(32)20-7-6-19(28)25(30-20)24-17(26)4-3-5-18(24)27/h3-9,12-14,21,23,31H,10-11H2,1-2H3/t13-,14-,21-,23-/m0/s1. The van der Waals surface area contributed by atoms with Gasteiger partial charge >= 0.3 is 0 Å². The van der Waals surface area contributed by atoms with Crippen LogP contribution in [-0.4, -0.2) is 33.1 Å². The zero-order valence-electron chi connectivity index (χ0n) is 18.1. The van der Waals surface area contributed by atoms with Crippen LogP contribution in [0.4, 0.5) is 13.2 Å². The number of nitrogens with zero attached hydrogens (tertiary/aromatic N) is 2. The van der Waals surface area contributed by atoms with Crippen LogP contribution in [0.25, 0.3) is 11.3 Å². The van der Waals surface area contributed by atoms with Crippen LogP contribution < -0.4 is 0 Å². The molecular weight excluding hydrogens is 433 g/mol. The summed E-state index contributed by atoms with van der Waals surface area (Å²) >= 11 is 0. The number of ether oxygens (including phenoxy) is 1. The molecule has 0 aliphatic carbocycles. The van der Waals surface area contributed by atoms with Crippen molar-refractivity contribution in [3.05, 3.63) is 83.1 Å². The third kappa shape index (κ3) is 4.67. The van der Waals surface area contributed by atoms with Gasteiger partial charge in [0, 0.05) is 31.2 Å². The second-order valence-electron chi connectivity index (χ2n) is 8.29. The minimum absolute atomic E-state index is 0.0196. The molecule has 1 aliphatic rings. The van der Waals surface area contributed by atoms with Crippen molar-refractivity contribution in [1.29, 1.82) is 0 Å². The molecule has 3 aromatic rings. The number of carbonyl (C=O) groups excluding carboxylic acids is 1. The number of pyridine rings is 2. The van der Waals surface area contributed by atoms with Crippen LogP contribution in [-0.2, 0) is 11.2 Å². The Bertz CT molecular complexity index is 1160. The number of rotatable bonds is 5. The number of aromatic nitrogens is 2. The first-order valence-corrected chi connectivity index (χ1v) is 10.7. The normalized spacial score (nSPS) is 22.8. The van der Waals surface area contributed by atoms with E-state index in [0.717, 1.165) is 29.8 Å². The molecule has 4 atom stereocenters. The van der Waals surface area contributed by atoms with E-state index < -0.39 is 46.7 Å². The average Bonchev–Trinajstić information content (AvgIpc) is 2.78. The van der Waals surface area contributed by atoms with Gasteiger partial charge in [-0.15, -0.1) is 0 Å². The third-order valence-electron chi connectivity index (χ3n) is 6.15. The van der Waals surface area contributed by atoms with E-state index in [9.17, 15) is 23.1 Å². The molecule has 3 heterocycles. The van der Waals surface area contributed by atoms with Gasteiger partial charge in [0.1, 0.15) is 28.8 Å². The predicted molar refractivity (Wildman–Crippen MR) is 115 cm³/mol. The molecule has 0 unspecified atom stereocenters. The van der Waals surface area contributed by atoms with Crippen LogP contribution in [0.15, 0.2) is 48.8 Å². The van der Waals surface area contributed by atoms with Gasteiger partial charge in [0.15, 0.2) is 5.78 Å². The lowest BCUT2D eigenvalue weighted by Crippen LogP contribution is -2.38. The summed E-state index contributed by atoms with van der Waals surface area (Å²) in [6.45, 7) is 3.80. The molecule has 1 fully saturated rings. The Labute approximate surface area is 189 Å². The van der Waals surface area contributed by atoms with E-state index in [1.807, 2.05) is 13.8 Å². The first-order chi connectivity index (χ1) is 15.8. The van der Waals surface area contributed by atoms with Crippen molar-refractivity contribution in [1.82, 2.24) is 9.97 Å². The summed E-state index contributed by atoms with van der Waals surface area (Å²) in [6.07, 6.45) is 2.23. The lowest BCUT2D eigenvalue weighted by atomic mass is 9.87. The van der Waals surface area contributed by atoms with E-state index in [1.54, 1.807) is 12.3 Å². The summed E-state index contributed by atoms with van der Waals surface area (Å²) in [5.41, 5.74) is -0.0240. The van der Waals surface area contributed by atoms with Crippen molar-refractivity contribution in [3.63, 3.8) is 0 Å². The summed E-state index contributed by atoms with van der Waals surface area (Å²) in [7, 11) is 0. The Kier molecular flexibility index (Phi) is 6.58. The van der Waals surface area contributed by atoms with Gasteiger partial charge < -0.3 is 9.84 Å². The minimum Gasteiger partial charge on any atom is -0.393 e. The zero-order valence-corrected chi connectivity index (χ0v) is 18.1. The summed E-state index contributed by atoms with van der Waals surface area (Å²) in [5, 5.41) is 10.4. The van der Waals surface area contributed by atoms with Crippen LogP contribution in [0.2, 0.25) is 0 Å². The number of ketones is 1. The molecule has 4 rings (SSSR count). The highest BCUT2D eigenvalue weighted by Gasteiger charge is 2.34. The van der Waals surface area contributed by atoms with Crippen molar-refractivity contribution in [2.45, 2.75) is 45.0 Å². The summed E-state index contributed by atoms with van der Waals surface area (Å²) in [6, 6.07) is 7.04. The van der Waals surface area contributed by atoms with E-state index in [4.69, 9.17) is 4.74 Å². The summed E-state index contributed by atoms with van der Waals surface area (Å²) in [5.74, 6) is -3.38. The van der Waals surface area contributed by atoms with Crippen LogP contribution >= 0.6 is 0 Å². The number of Topliss-reactive ketones (excluding diaryl/α,β-unsaturated/α-hetero) is 1.